The minimum atomic E-state index is -1.08. The molecule has 0 bridgehead atoms. The van der Waals surface area contributed by atoms with Crippen molar-refractivity contribution in [1.29, 1.82) is 0 Å². The highest BCUT2D eigenvalue weighted by molar-refractivity contribution is 7.09. The number of hydrogen-bond acceptors (Lipinski definition) is 6. The summed E-state index contributed by atoms with van der Waals surface area (Å²) < 4.78 is 0. The SMILES string of the molecule is O=C(NCc1cccs1)c1ccc(CNc2c(Cl)ccc3c2CCNCC3)cc1.O=C(O)CCC(=O)O. The Morgan fingerprint density at radius 2 is 1.62 bits per heavy atom. The number of aliphatic carboxylic acids is 2. The average molecular weight is 544 g/mol. The van der Waals surface area contributed by atoms with Crippen LogP contribution in [0.25, 0.3) is 0 Å². The Hall–Kier alpha value is -3.40. The van der Waals surface area contributed by atoms with Crippen molar-refractivity contribution in [1.82, 2.24) is 10.6 Å². The van der Waals surface area contributed by atoms with Crippen LogP contribution in [-0.2, 0) is 35.5 Å². The lowest BCUT2D eigenvalue weighted by Gasteiger charge is -2.16. The van der Waals surface area contributed by atoms with Crippen molar-refractivity contribution < 1.29 is 24.6 Å². The fourth-order valence-corrected chi connectivity index (χ4v) is 4.68. The van der Waals surface area contributed by atoms with E-state index in [1.165, 1.54) is 11.1 Å². The topological polar surface area (TPSA) is 128 Å². The number of nitrogens with one attached hydrogen (secondary N) is 3. The van der Waals surface area contributed by atoms with Crippen LogP contribution >= 0.6 is 22.9 Å². The zero-order valence-corrected chi connectivity index (χ0v) is 21.8. The number of carboxylic acids is 2. The van der Waals surface area contributed by atoms with Gasteiger partial charge in [-0.1, -0.05) is 35.9 Å². The summed E-state index contributed by atoms with van der Waals surface area (Å²) in [6.07, 6.45) is 1.41. The largest absolute Gasteiger partial charge is 0.481 e. The molecule has 196 valence electrons. The number of halogens is 1. The molecule has 10 heteroatoms. The van der Waals surface area contributed by atoms with Gasteiger partial charge >= 0.3 is 11.9 Å². The molecular weight excluding hydrogens is 514 g/mol. The van der Waals surface area contributed by atoms with E-state index in [0.717, 1.165) is 47.1 Å². The molecule has 0 radical (unpaired) electrons. The van der Waals surface area contributed by atoms with Crippen molar-refractivity contribution in [3.8, 4) is 0 Å². The van der Waals surface area contributed by atoms with Gasteiger partial charge in [-0.25, -0.2) is 0 Å². The predicted molar refractivity (Wildman–Crippen MR) is 145 cm³/mol. The fraction of sp³-hybridized carbons (Fsp3) is 0.296. The summed E-state index contributed by atoms with van der Waals surface area (Å²) in [6.45, 7) is 3.20. The highest BCUT2D eigenvalue weighted by atomic mass is 35.5. The molecule has 2 heterocycles. The molecule has 1 amide bonds. The molecule has 0 unspecified atom stereocenters. The summed E-state index contributed by atoms with van der Waals surface area (Å²) >= 11 is 8.13. The van der Waals surface area contributed by atoms with E-state index in [1.54, 1.807) is 11.3 Å². The van der Waals surface area contributed by atoms with Crippen LogP contribution in [0.15, 0.2) is 53.9 Å². The van der Waals surface area contributed by atoms with Gasteiger partial charge in [0.1, 0.15) is 0 Å². The molecule has 8 nitrogen and oxygen atoms in total. The number of hydrogen-bond donors (Lipinski definition) is 5. The number of anilines is 1. The zero-order chi connectivity index (χ0) is 26.6. The lowest BCUT2D eigenvalue weighted by molar-refractivity contribution is -0.143. The Morgan fingerprint density at radius 1 is 0.919 bits per heavy atom. The van der Waals surface area contributed by atoms with E-state index in [4.69, 9.17) is 21.8 Å². The summed E-state index contributed by atoms with van der Waals surface area (Å²) in [4.78, 5) is 32.8. The first-order valence-electron chi connectivity index (χ1n) is 11.9. The van der Waals surface area contributed by atoms with E-state index in [0.29, 0.717) is 18.7 Å². The fourth-order valence-electron chi connectivity index (χ4n) is 3.80. The molecule has 0 fully saturated rings. The summed E-state index contributed by atoms with van der Waals surface area (Å²) in [5.41, 5.74) is 5.49. The van der Waals surface area contributed by atoms with Crippen LogP contribution in [0.2, 0.25) is 5.02 Å². The number of carbonyl (C=O) groups excluding carboxylic acids is 1. The first-order valence-corrected chi connectivity index (χ1v) is 13.2. The number of amides is 1. The van der Waals surface area contributed by atoms with Crippen LogP contribution in [0.4, 0.5) is 5.69 Å². The molecule has 0 saturated heterocycles. The van der Waals surface area contributed by atoms with Gasteiger partial charge in [0.25, 0.3) is 5.91 Å². The van der Waals surface area contributed by atoms with Gasteiger partial charge in [0, 0.05) is 17.0 Å². The number of thiophene rings is 1. The van der Waals surface area contributed by atoms with Gasteiger partial charge in [0.05, 0.1) is 30.1 Å². The van der Waals surface area contributed by atoms with Gasteiger partial charge in [-0.15, -0.1) is 11.3 Å². The van der Waals surface area contributed by atoms with Gasteiger partial charge in [0.15, 0.2) is 0 Å². The normalized spacial score (nSPS) is 12.4. The maximum Gasteiger partial charge on any atom is 0.303 e. The third-order valence-corrected chi connectivity index (χ3v) is 6.91. The van der Waals surface area contributed by atoms with Crippen molar-refractivity contribution >= 4 is 46.5 Å². The Labute approximate surface area is 224 Å². The van der Waals surface area contributed by atoms with Crippen molar-refractivity contribution in [2.75, 3.05) is 18.4 Å². The number of rotatable bonds is 9. The van der Waals surface area contributed by atoms with Crippen LogP contribution in [0.5, 0.6) is 0 Å². The van der Waals surface area contributed by atoms with E-state index in [9.17, 15) is 14.4 Å². The summed E-state index contributed by atoms with van der Waals surface area (Å²) in [5.74, 6) is -2.21. The van der Waals surface area contributed by atoms with Gasteiger partial charge in [-0.05, 0) is 72.3 Å². The summed E-state index contributed by atoms with van der Waals surface area (Å²) in [6, 6.07) is 15.9. The number of benzene rings is 2. The standard InChI is InChI=1S/C23H24ClN3OS.C4H6O4/c24-21-8-7-17-9-11-25-12-10-20(17)22(21)26-14-16-3-5-18(6-4-16)23(28)27-15-19-2-1-13-29-19;5-3(6)1-2-4(7)8/h1-8,13,25-26H,9-12,14-15H2,(H,27,28);1-2H2,(H,5,6)(H,7,8). The molecule has 0 saturated carbocycles. The quantitative estimate of drug-likeness (QED) is 0.267. The third kappa shape index (κ3) is 9.20. The van der Waals surface area contributed by atoms with Gasteiger partial charge in [-0.3, -0.25) is 14.4 Å². The highest BCUT2D eigenvalue weighted by Crippen LogP contribution is 2.31. The molecule has 37 heavy (non-hydrogen) atoms. The molecule has 4 rings (SSSR count). The maximum atomic E-state index is 12.3. The molecule has 2 aromatic carbocycles. The highest BCUT2D eigenvalue weighted by Gasteiger charge is 2.15. The van der Waals surface area contributed by atoms with Crippen LogP contribution in [-0.4, -0.2) is 41.1 Å². The lowest BCUT2D eigenvalue weighted by Crippen LogP contribution is -2.22. The van der Waals surface area contributed by atoms with Crippen LogP contribution in [0, 0.1) is 0 Å². The third-order valence-electron chi connectivity index (χ3n) is 5.72. The molecule has 0 aliphatic carbocycles. The second kappa shape index (κ2) is 14.4. The average Bonchev–Trinajstić information content (AvgIpc) is 3.30. The van der Waals surface area contributed by atoms with E-state index >= 15 is 0 Å². The molecule has 1 aliphatic heterocycles. The second-order valence-electron chi connectivity index (χ2n) is 8.41. The molecule has 0 spiro atoms. The van der Waals surface area contributed by atoms with E-state index in [2.05, 4.69) is 22.0 Å². The Balaban J connectivity index is 0.000000414. The van der Waals surface area contributed by atoms with Gasteiger partial charge in [0.2, 0.25) is 0 Å². The molecular formula is C27H30ClN3O5S. The maximum absolute atomic E-state index is 12.3. The van der Waals surface area contributed by atoms with E-state index in [-0.39, 0.29) is 18.7 Å². The van der Waals surface area contributed by atoms with E-state index < -0.39 is 11.9 Å². The first kappa shape index (κ1) is 28.2. The number of carbonyl (C=O) groups is 3. The summed E-state index contributed by atoms with van der Waals surface area (Å²) in [5, 5.41) is 28.5. The Bertz CT molecular complexity index is 1190. The number of fused-ring (bicyclic) bond motifs is 1. The van der Waals surface area contributed by atoms with Gasteiger partial charge < -0.3 is 26.2 Å². The molecule has 3 aromatic rings. The van der Waals surface area contributed by atoms with E-state index in [1.807, 2.05) is 47.8 Å². The minimum absolute atomic E-state index is 0.0539. The van der Waals surface area contributed by atoms with Crippen LogP contribution in [0.1, 0.15) is 44.8 Å². The molecule has 1 aliphatic rings. The predicted octanol–water partition coefficient (Wildman–Crippen LogP) is 4.57. The van der Waals surface area contributed by atoms with Crippen molar-refractivity contribution in [3.63, 3.8) is 0 Å². The van der Waals surface area contributed by atoms with Gasteiger partial charge in [-0.2, -0.15) is 0 Å². The lowest BCUT2D eigenvalue weighted by atomic mass is 10.0. The second-order valence-corrected chi connectivity index (χ2v) is 9.85. The Morgan fingerprint density at radius 3 is 2.27 bits per heavy atom. The zero-order valence-electron chi connectivity index (χ0n) is 20.3. The van der Waals surface area contributed by atoms with Crippen molar-refractivity contribution in [2.24, 2.45) is 0 Å². The first-order chi connectivity index (χ1) is 17.8. The minimum Gasteiger partial charge on any atom is -0.481 e. The molecule has 1 aromatic heterocycles. The van der Waals surface area contributed by atoms with Crippen LogP contribution < -0.4 is 16.0 Å². The Kier molecular flexibility index (Phi) is 10.9. The molecule has 0 atom stereocenters. The summed E-state index contributed by atoms with van der Waals surface area (Å²) in [7, 11) is 0. The van der Waals surface area contributed by atoms with Crippen molar-refractivity contribution in [3.05, 3.63) is 86.1 Å². The monoisotopic (exact) mass is 543 g/mol. The van der Waals surface area contributed by atoms with Crippen molar-refractivity contribution in [2.45, 2.75) is 38.8 Å². The van der Waals surface area contributed by atoms with Crippen LogP contribution in [0.3, 0.4) is 0 Å². The smallest absolute Gasteiger partial charge is 0.303 e. The molecule has 5 N–H and O–H groups in total. The number of carboxylic acid groups (broad SMARTS) is 2.